The molecule has 0 saturated heterocycles. The van der Waals surface area contributed by atoms with Crippen LogP contribution in [0.3, 0.4) is 0 Å². The third kappa shape index (κ3) is 2.43. The number of sulfone groups is 1. The Balaban J connectivity index is 3.87. The Morgan fingerprint density at radius 2 is 1.32 bits per heavy atom. The lowest BCUT2D eigenvalue weighted by Gasteiger charge is -2.08. The van der Waals surface area contributed by atoms with E-state index in [0.29, 0.717) is 6.26 Å². The van der Waals surface area contributed by atoms with Crippen LogP contribution in [0.4, 0.5) is 17.6 Å². The Morgan fingerprint density at radius 1 is 0.947 bits per heavy atom. The number of ketones is 1. The van der Waals surface area contributed by atoms with Crippen molar-refractivity contribution >= 4 is 21.5 Å². The Kier molecular flexibility index (Phi) is 3.66. The lowest BCUT2D eigenvalue weighted by atomic mass is 10.1. The Bertz CT molecular complexity index is 670. The van der Waals surface area contributed by atoms with Gasteiger partial charge in [0.2, 0.25) is 0 Å². The number of Topliss-reactive ketones (excluding diaryl/α,β-unsaturated/α-hetero) is 1. The Labute approximate surface area is 103 Å². The van der Waals surface area contributed by atoms with Gasteiger partial charge in [0.05, 0.1) is 0 Å². The fourth-order valence-corrected chi connectivity index (χ4v) is 2.09. The molecule has 104 valence electrons. The second-order valence-corrected chi connectivity index (χ2v) is 5.38. The first kappa shape index (κ1) is 15.1. The van der Waals surface area contributed by atoms with E-state index in [9.17, 15) is 35.6 Å². The van der Waals surface area contributed by atoms with Crippen molar-refractivity contribution in [1.82, 2.24) is 0 Å². The van der Waals surface area contributed by atoms with E-state index in [2.05, 4.69) is 5.73 Å². The minimum atomic E-state index is -4.63. The van der Waals surface area contributed by atoms with Gasteiger partial charge in [-0.25, -0.2) is 26.0 Å². The molecule has 1 aromatic carbocycles. The summed E-state index contributed by atoms with van der Waals surface area (Å²) in [5.74, 6) is -13.1. The predicted molar refractivity (Wildman–Crippen MR) is 52.9 cm³/mol. The maximum atomic E-state index is 13.4. The molecule has 0 radical (unpaired) electrons. The number of hydrogen-bond donors (Lipinski definition) is 1. The molecule has 0 aliphatic rings. The molecule has 0 spiro atoms. The highest BCUT2D eigenvalue weighted by Gasteiger charge is 2.34. The van der Waals surface area contributed by atoms with Crippen molar-refractivity contribution in [2.75, 3.05) is 6.26 Å². The molecule has 0 aromatic heterocycles. The molecule has 1 aromatic rings. The Hall–Kier alpha value is -1.97. The van der Waals surface area contributed by atoms with Crippen LogP contribution in [0.1, 0.15) is 10.4 Å². The molecular weight excluding hydrogens is 294 g/mol. The van der Waals surface area contributed by atoms with E-state index in [1.165, 1.54) is 0 Å². The summed E-state index contributed by atoms with van der Waals surface area (Å²) in [7, 11) is -4.63. The summed E-state index contributed by atoms with van der Waals surface area (Å²) in [4.78, 5) is 19.6. The lowest BCUT2D eigenvalue weighted by Crippen LogP contribution is -2.27. The van der Waals surface area contributed by atoms with Gasteiger partial charge in [-0.1, -0.05) is 0 Å². The monoisotopic (exact) mass is 299 g/mol. The van der Waals surface area contributed by atoms with E-state index >= 15 is 0 Å². The zero-order valence-corrected chi connectivity index (χ0v) is 9.95. The molecule has 0 saturated carbocycles. The number of primary amides is 1. The van der Waals surface area contributed by atoms with Crippen LogP contribution in [-0.2, 0) is 14.6 Å². The highest BCUT2D eigenvalue weighted by Crippen LogP contribution is 2.27. The van der Waals surface area contributed by atoms with Crippen LogP contribution in [0.15, 0.2) is 4.90 Å². The van der Waals surface area contributed by atoms with Crippen LogP contribution in [-0.4, -0.2) is 26.4 Å². The third-order valence-electron chi connectivity index (χ3n) is 2.04. The third-order valence-corrected chi connectivity index (χ3v) is 3.14. The van der Waals surface area contributed by atoms with Crippen molar-refractivity contribution in [3.05, 3.63) is 28.8 Å². The summed E-state index contributed by atoms with van der Waals surface area (Å²) in [5.41, 5.74) is 2.57. The maximum Gasteiger partial charge on any atom is 0.290 e. The molecule has 0 fully saturated rings. The normalized spacial score (nSPS) is 11.4. The number of carbonyl (C=O) groups is 2. The first-order chi connectivity index (χ1) is 8.50. The molecule has 0 heterocycles. The minimum absolute atomic E-state index is 0.308. The van der Waals surface area contributed by atoms with Gasteiger partial charge in [-0.3, -0.25) is 9.59 Å². The highest BCUT2D eigenvalue weighted by molar-refractivity contribution is 7.90. The van der Waals surface area contributed by atoms with Gasteiger partial charge in [-0.05, 0) is 0 Å². The van der Waals surface area contributed by atoms with Gasteiger partial charge >= 0.3 is 0 Å². The van der Waals surface area contributed by atoms with E-state index in [0.717, 1.165) is 0 Å². The van der Waals surface area contributed by atoms with E-state index in [1.54, 1.807) is 0 Å². The van der Waals surface area contributed by atoms with Gasteiger partial charge in [0.25, 0.3) is 11.7 Å². The van der Waals surface area contributed by atoms with E-state index in [4.69, 9.17) is 0 Å². The molecular formula is C9H5F4NO4S. The first-order valence-electron chi connectivity index (χ1n) is 4.40. The maximum absolute atomic E-state index is 13.4. The molecule has 19 heavy (non-hydrogen) atoms. The molecule has 10 heteroatoms. The number of amides is 1. The van der Waals surface area contributed by atoms with Gasteiger partial charge in [0, 0.05) is 6.26 Å². The second kappa shape index (κ2) is 4.61. The van der Waals surface area contributed by atoms with Crippen LogP contribution in [0, 0.1) is 23.3 Å². The lowest BCUT2D eigenvalue weighted by molar-refractivity contribution is -0.114. The number of rotatable bonds is 3. The summed E-state index contributed by atoms with van der Waals surface area (Å²) in [6.07, 6.45) is 0.308. The largest absolute Gasteiger partial charge is 0.363 e. The standard InChI is InChI=1S/C9H5F4NO4S/c1-19(17,18)8-5(12)3(10)2(4(11)6(8)13)7(15)9(14)16/h1H3,(H2,14,16). The highest BCUT2D eigenvalue weighted by atomic mass is 32.2. The van der Waals surface area contributed by atoms with Crippen LogP contribution in [0.25, 0.3) is 0 Å². The van der Waals surface area contributed by atoms with Crippen LogP contribution < -0.4 is 5.73 Å². The topological polar surface area (TPSA) is 94.3 Å². The predicted octanol–water partition coefficient (Wildman–Crippen LogP) is 0.315. The number of halogens is 4. The van der Waals surface area contributed by atoms with E-state index < -0.39 is 55.3 Å². The van der Waals surface area contributed by atoms with Gasteiger partial charge in [0.15, 0.2) is 33.1 Å². The summed E-state index contributed by atoms with van der Waals surface area (Å²) < 4.78 is 75.5. The average Bonchev–Trinajstić information content (AvgIpc) is 2.24. The molecule has 2 N–H and O–H groups in total. The average molecular weight is 299 g/mol. The van der Waals surface area contributed by atoms with Gasteiger partial charge in [0.1, 0.15) is 10.5 Å². The van der Waals surface area contributed by atoms with Crippen LogP contribution in [0.2, 0.25) is 0 Å². The van der Waals surface area contributed by atoms with Gasteiger partial charge in [-0.15, -0.1) is 0 Å². The molecule has 1 amide bonds. The van der Waals surface area contributed by atoms with Crippen LogP contribution in [0.5, 0.6) is 0 Å². The number of benzene rings is 1. The number of nitrogens with two attached hydrogens (primary N) is 1. The van der Waals surface area contributed by atoms with Gasteiger partial charge < -0.3 is 5.73 Å². The zero-order valence-electron chi connectivity index (χ0n) is 9.13. The number of carbonyl (C=O) groups excluding carboxylic acids is 2. The molecule has 0 unspecified atom stereocenters. The summed E-state index contributed by atoms with van der Waals surface area (Å²) >= 11 is 0. The van der Waals surface area contributed by atoms with Gasteiger partial charge in [-0.2, -0.15) is 0 Å². The van der Waals surface area contributed by atoms with Crippen molar-refractivity contribution < 1.29 is 35.6 Å². The van der Waals surface area contributed by atoms with Crippen molar-refractivity contribution in [2.45, 2.75) is 4.90 Å². The Morgan fingerprint density at radius 3 is 1.58 bits per heavy atom. The quantitative estimate of drug-likeness (QED) is 0.376. The molecule has 0 bridgehead atoms. The first-order valence-corrected chi connectivity index (χ1v) is 6.29. The van der Waals surface area contributed by atoms with Crippen molar-refractivity contribution in [3.8, 4) is 0 Å². The second-order valence-electron chi connectivity index (χ2n) is 3.43. The molecule has 0 atom stereocenters. The van der Waals surface area contributed by atoms with Crippen molar-refractivity contribution in [1.29, 1.82) is 0 Å². The van der Waals surface area contributed by atoms with Crippen LogP contribution >= 0.6 is 0 Å². The van der Waals surface area contributed by atoms with Crippen molar-refractivity contribution in [3.63, 3.8) is 0 Å². The smallest absolute Gasteiger partial charge is 0.290 e. The summed E-state index contributed by atoms with van der Waals surface area (Å²) in [6, 6.07) is 0. The SMILES string of the molecule is CS(=O)(=O)c1c(F)c(F)c(C(=O)C(N)=O)c(F)c1F. The zero-order chi connectivity index (χ0) is 15.1. The fourth-order valence-electron chi connectivity index (χ4n) is 1.26. The van der Waals surface area contributed by atoms with E-state index in [-0.39, 0.29) is 0 Å². The molecule has 1 rings (SSSR count). The fraction of sp³-hybridized carbons (Fsp3) is 0.111. The molecule has 5 nitrogen and oxygen atoms in total. The van der Waals surface area contributed by atoms with Crippen molar-refractivity contribution in [2.24, 2.45) is 5.73 Å². The number of hydrogen-bond acceptors (Lipinski definition) is 4. The molecule has 0 aliphatic carbocycles. The summed E-state index contributed by atoms with van der Waals surface area (Å²) in [5, 5.41) is 0. The minimum Gasteiger partial charge on any atom is -0.363 e. The summed E-state index contributed by atoms with van der Waals surface area (Å²) in [6.45, 7) is 0. The van der Waals surface area contributed by atoms with E-state index in [1.807, 2.05) is 0 Å². The molecule has 0 aliphatic heterocycles.